The smallest absolute Gasteiger partial charge is 0.240 e. The average Bonchev–Trinajstić information content (AvgIpc) is 2.97. The van der Waals surface area contributed by atoms with Crippen LogP contribution in [0.3, 0.4) is 0 Å². The molecule has 132 valence electrons. The maximum atomic E-state index is 12.9. The summed E-state index contributed by atoms with van der Waals surface area (Å²) in [5.74, 6) is -0.455. The van der Waals surface area contributed by atoms with Gasteiger partial charge in [0.25, 0.3) is 0 Å². The molecule has 7 nitrogen and oxygen atoms in total. The number of carbonyl (C=O) groups is 2. The molecule has 1 aromatic heterocycles. The maximum Gasteiger partial charge on any atom is 0.240 e. The van der Waals surface area contributed by atoms with Gasteiger partial charge in [0.1, 0.15) is 5.69 Å². The van der Waals surface area contributed by atoms with E-state index in [0.29, 0.717) is 22.8 Å². The maximum absolute atomic E-state index is 12.9. The Labute approximate surface area is 151 Å². The lowest BCUT2D eigenvalue weighted by molar-refractivity contribution is -0.128. The largest absolute Gasteiger partial charge is 0.287 e. The van der Waals surface area contributed by atoms with Gasteiger partial charge in [0, 0.05) is 25.2 Å². The van der Waals surface area contributed by atoms with Crippen LogP contribution in [0.4, 0.5) is 0 Å². The van der Waals surface area contributed by atoms with Gasteiger partial charge in [-0.3, -0.25) is 9.59 Å². The van der Waals surface area contributed by atoms with E-state index in [4.69, 9.17) is 11.6 Å². The number of rotatable bonds is 6. The molecule has 1 aromatic carbocycles. The van der Waals surface area contributed by atoms with Gasteiger partial charge in [0.15, 0.2) is 0 Å². The molecule has 0 unspecified atom stereocenters. The Morgan fingerprint density at radius 3 is 2.44 bits per heavy atom. The second-order valence-electron chi connectivity index (χ2n) is 5.39. The topological polar surface area (TPSA) is 70.3 Å². The number of hydrogen-bond donors (Lipinski definition) is 0. The van der Waals surface area contributed by atoms with Crippen LogP contribution in [0, 0.1) is 6.92 Å². The second-order valence-corrected chi connectivity index (χ2v) is 5.80. The molecule has 0 radical (unpaired) electrons. The molecule has 1 heterocycles. The Morgan fingerprint density at radius 2 is 1.84 bits per heavy atom. The van der Waals surface area contributed by atoms with Crippen molar-refractivity contribution in [1.82, 2.24) is 9.69 Å². The Hall–Kier alpha value is -2.67. The first-order valence-corrected chi connectivity index (χ1v) is 8.15. The van der Waals surface area contributed by atoms with Gasteiger partial charge in [-0.1, -0.05) is 23.7 Å². The predicted octanol–water partition coefficient (Wildman–Crippen LogP) is 3.40. The molecular formula is C17H20ClN5O2. The zero-order valence-electron chi connectivity index (χ0n) is 14.6. The first kappa shape index (κ1) is 18.7. The zero-order valence-corrected chi connectivity index (χ0v) is 15.4. The minimum absolute atomic E-state index is 0.215. The van der Waals surface area contributed by atoms with E-state index in [2.05, 4.69) is 10.4 Å². The molecule has 8 heteroatoms. The molecule has 25 heavy (non-hydrogen) atoms. The number of hydrogen-bond acceptors (Lipinski definition) is 4. The molecule has 0 saturated heterocycles. The minimum Gasteiger partial charge on any atom is -0.287 e. The van der Waals surface area contributed by atoms with E-state index >= 15 is 0 Å². The van der Waals surface area contributed by atoms with E-state index in [1.807, 2.05) is 19.9 Å². The van der Waals surface area contributed by atoms with Crippen LogP contribution in [-0.2, 0) is 4.79 Å². The van der Waals surface area contributed by atoms with Crippen molar-refractivity contribution in [3.05, 3.63) is 58.4 Å². The summed E-state index contributed by atoms with van der Waals surface area (Å²) in [6.45, 7) is 5.57. The fourth-order valence-corrected chi connectivity index (χ4v) is 2.43. The van der Waals surface area contributed by atoms with Crippen LogP contribution in [0.5, 0.6) is 0 Å². The summed E-state index contributed by atoms with van der Waals surface area (Å²) in [5.41, 5.74) is 1.64. The zero-order chi connectivity index (χ0) is 18.6. The van der Waals surface area contributed by atoms with Gasteiger partial charge in [-0.15, -0.1) is 0 Å². The molecule has 0 N–H and O–H groups in total. The molecule has 0 bridgehead atoms. The normalized spacial score (nSPS) is 10.9. The van der Waals surface area contributed by atoms with Crippen LogP contribution in [0.1, 0.15) is 35.6 Å². The summed E-state index contributed by atoms with van der Waals surface area (Å²) in [6.07, 6.45) is 0. The lowest BCUT2D eigenvalue weighted by Gasteiger charge is -2.22. The molecule has 1 amide bonds. The lowest BCUT2D eigenvalue weighted by Crippen LogP contribution is -2.33. The fraction of sp³-hybridized carbons (Fsp3) is 0.294. The summed E-state index contributed by atoms with van der Waals surface area (Å²) in [6, 6.07) is 10.4. The SMILES string of the molecule is CCN(N=NN(C)C(C)=O)n1c(C)ccc1C(=O)c1ccccc1Cl. The molecule has 0 saturated carbocycles. The van der Waals surface area contributed by atoms with Gasteiger partial charge in [0.2, 0.25) is 11.7 Å². The summed E-state index contributed by atoms with van der Waals surface area (Å²) in [5, 5.41) is 10.9. The number of halogens is 1. The molecule has 2 rings (SSSR count). The highest BCUT2D eigenvalue weighted by molar-refractivity contribution is 6.34. The number of benzene rings is 1. The van der Waals surface area contributed by atoms with Crippen molar-refractivity contribution in [3.63, 3.8) is 0 Å². The van der Waals surface area contributed by atoms with Crippen molar-refractivity contribution in [2.45, 2.75) is 20.8 Å². The fourth-order valence-electron chi connectivity index (χ4n) is 2.21. The van der Waals surface area contributed by atoms with Gasteiger partial charge in [0.05, 0.1) is 11.6 Å². The predicted molar refractivity (Wildman–Crippen MR) is 96.1 cm³/mol. The highest BCUT2D eigenvalue weighted by Gasteiger charge is 2.20. The average molecular weight is 362 g/mol. The number of nitrogens with zero attached hydrogens (tertiary/aromatic N) is 5. The number of aromatic nitrogens is 1. The molecule has 0 spiro atoms. The first-order valence-electron chi connectivity index (χ1n) is 7.78. The molecular weight excluding hydrogens is 342 g/mol. The van der Waals surface area contributed by atoms with Crippen LogP contribution < -0.4 is 5.12 Å². The van der Waals surface area contributed by atoms with Gasteiger partial charge in [-0.05, 0) is 48.6 Å². The van der Waals surface area contributed by atoms with Crippen LogP contribution in [0.2, 0.25) is 5.02 Å². The third-order valence-electron chi connectivity index (χ3n) is 3.64. The van der Waals surface area contributed by atoms with Crippen molar-refractivity contribution in [2.75, 3.05) is 18.7 Å². The minimum atomic E-state index is -0.239. The molecule has 0 aliphatic rings. The van der Waals surface area contributed by atoms with E-state index in [9.17, 15) is 9.59 Å². The van der Waals surface area contributed by atoms with Crippen molar-refractivity contribution in [2.24, 2.45) is 10.4 Å². The number of ketones is 1. The van der Waals surface area contributed by atoms with Crippen molar-refractivity contribution >= 4 is 23.3 Å². The molecule has 0 aliphatic carbocycles. The van der Waals surface area contributed by atoms with Gasteiger partial charge >= 0.3 is 0 Å². The summed E-state index contributed by atoms with van der Waals surface area (Å²) >= 11 is 6.15. The number of amides is 1. The Morgan fingerprint density at radius 1 is 1.16 bits per heavy atom. The second kappa shape index (κ2) is 7.94. The van der Waals surface area contributed by atoms with Gasteiger partial charge < -0.3 is 0 Å². The lowest BCUT2D eigenvalue weighted by atomic mass is 10.1. The highest BCUT2D eigenvalue weighted by atomic mass is 35.5. The number of carbonyl (C=O) groups excluding carboxylic acids is 2. The Bertz CT molecular complexity index is 815. The molecule has 0 fully saturated rings. The van der Waals surface area contributed by atoms with E-state index in [1.54, 1.807) is 35.0 Å². The quantitative estimate of drug-likeness (QED) is 0.450. The molecule has 0 aliphatic heterocycles. The molecule has 0 atom stereocenters. The molecule has 2 aromatic rings. The van der Waals surface area contributed by atoms with E-state index in [0.717, 1.165) is 10.7 Å². The standard InChI is InChI=1S/C17H20ClN5O2/c1-5-22(20-19-21(4)13(3)24)23-12(2)10-11-16(23)17(25)14-8-6-7-9-15(14)18/h6-11H,5H2,1-4H3. The summed E-state index contributed by atoms with van der Waals surface area (Å²) < 4.78 is 1.66. The van der Waals surface area contributed by atoms with Gasteiger partial charge in [-0.25, -0.2) is 9.69 Å². The van der Waals surface area contributed by atoms with E-state index < -0.39 is 0 Å². The first-order chi connectivity index (χ1) is 11.9. The van der Waals surface area contributed by atoms with Crippen LogP contribution >= 0.6 is 11.6 Å². The highest BCUT2D eigenvalue weighted by Crippen LogP contribution is 2.21. The third kappa shape index (κ3) is 4.06. The van der Waals surface area contributed by atoms with Gasteiger partial charge in [-0.2, -0.15) is 5.12 Å². The number of aryl methyl sites for hydroxylation is 1. The summed E-state index contributed by atoms with van der Waals surface area (Å²) in [4.78, 5) is 24.2. The third-order valence-corrected chi connectivity index (χ3v) is 3.97. The van der Waals surface area contributed by atoms with Crippen molar-refractivity contribution in [1.29, 1.82) is 0 Å². The van der Waals surface area contributed by atoms with Crippen LogP contribution in [0.15, 0.2) is 46.8 Å². The van der Waals surface area contributed by atoms with Crippen molar-refractivity contribution in [3.8, 4) is 0 Å². The van der Waals surface area contributed by atoms with Crippen molar-refractivity contribution < 1.29 is 9.59 Å². The van der Waals surface area contributed by atoms with E-state index in [1.165, 1.54) is 19.1 Å². The van der Waals surface area contributed by atoms with E-state index in [-0.39, 0.29) is 11.7 Å². The summed E-state index contributed by atoms with van der Waals surface area (Å²) in [7, 11) is 1.51. The van der Waals surface area contributed by atoms with Crippen LogP contribution in [-0.4, -0.2) is 35.0 Å². The van der Waals surface area contributed by atoms with Crippen LogP contribution in [0.25, 0.3) is 0 Å². The Balaban J connectivity index is 2.42. The monoisotopic (exact) mass is 361 g/mol. The Kier molecular flexibility index (Phi) is 5.93.